The molecule has 0 spiro atoms. The van der Waals surface area contributed by atoms with Gasteiger partial charge in [-0.2, -0.15) is 0 Å². The van der Waals surface area contributed by atoms with Crippen LogP contribution in [-0.4, -0.2) is 30.7 Å². The van der Waals surface area contributed by atoms with E-state index in [4.69, 9.17) is 19.3 Å². The van der Waals surface area contributed by atoms with Crippen LogP contribution in [0, 0.1) is 0 Å². The molecule has 0 radical (unpaired) electrons. The molecule has 2 N–H and O–H groups in total. The third kappa shape index (κ3) is 4.02. The number of aliphatic hydroxyl groups excluding tert-OH is 1. The lowest BCUT2D eigenvalue weighted by Crippen LogP contribution is -2.35. The summed E-state index contributed by atoms with van der Waals surface area (Å²) in [7, 11) is 0. The molecule has 1 aliphatic rings. The van der Waals surface area contributed by atoms with Gasteiger partial charge in [0, 0.05) is 36.7 Å². The first-order chi connectivity index (χ1) is 9.49. The Balaban J connectivity index is 2.13. The van der Waals surface area contributed by atoms with Crippen molar-refractivity contribution in [1.29, 1.82) is 0 Å². The Hall–Kier alpha value is -1.46. The monoisotopic (exact) mass is 281 g/mol. The fraction of sp³-hybridized carbons (Fsp3) is 0.600. The highest BCUT2D eigenvalue weighted by Gasteiger charge is 2.19. The molecule has 0 aromatic heterocycles. The molecule has 0 aliphatic carbocycles. The van der Waals surface area contributed by atoms with Crippen molar-refractivity contribution in [2.45, 2.75) is 39.3 Å². The molecule has 112 valence electrons. The molecule has 0 amide bonds. The minimum Gasteiger partial charge on any atom is -0.493 e. The van der Waals surface area contributed by atoms with Gasteiger partial charge in [-0.15, -0.1) is 0 Å². The van der Waals surface area contributed by atoms with Crippen LogP contribution >= 0.6 is 0 Å². The van der Waals surface area contributed by atoms with E-state index in [9.17, 15) is 0 Å². The molecule has 0 saturated heterocycles. The lowest BCUT2D eigenvalue weighted by atomic mass is 10.1. The second-order valence-corrected chi connectivity index (χ2v) is 5.84. The largest absolute Gasteiger partial charge is 0.493 e. The molecule has 2 rings (SSSR count). The van der Waals surface area contributed by atoms with Crippen molar-refractivity contribution in [2.75, 3.05) is 20.0 Å². The maximum atomic E-state index is 8.84. The van der Waals surface area contributed by atoms with Crippen LogP contribution in [0.5, 0.6) is 17.2 Å². The van der Waals surface area contributed by atoms with Gasteiger partial charge < -0.3 is 24.6 Å². The Morgan fingerprint density at radius 1 is 1.25 bits per heavy atom. The van der Waals surface area contributed by atoms with Crippen LogP contribution in [0.4, 0.5) is 0 Å². The first-order valence-electron chi connectivity index (χ1n) is 6.91. The predicted octanol–water partition coefficient (Wildman–Crippen LogP) is 2.06. The lowest BCUT2D eigenvalue weighted by molar-refractivity contribution is 0.173. The van der Waals surface area contributed by atoms with E-state index in [1.165, 1.54) is 0 Å². The topological polar surface area (TPSA) is 60.0 Å². The summed E-state index contributed by atoms with van der Waals surface area (Å²) in [5.41, 5.74) is 1.06. The van der Waals surface area contributed by atoms with Crippen molar-refractivity contribution in [1.82, 2.24) is 5.32 Å². The van der Waals surface area contributed by atoms with Crippen LogP contribution in [0.1, 0.15) is 32.8 Å². The molecule has 0 bridgehead atoms. The fourth-order valence-electron chi connectivity index (χ4n) is 1.84. The molecule has 5 nitrogen and oxygen atoms in total. The highest BCUT2D eigenvalue weighted by molar-refractivity contribution is 5.51. The average molecular weight is 281 g/mol. The molecular formula is C15H23NO4. The summed E-state index contributed by atoms with van der Waals surface area (Å²) >= 11 is 0. The maximum absolute atomic E-state index is 8.84. The van der Waals surface area contributed by atoms with Crippen molar-refractivity contribution in [3.05, 3.63) is 17.7 Å². The van der Waals surface area contributed by atoms with Gasteiger partial charge in [0.15, 0.2) is 11.5 Å². The Morgan fingerprint density at radius 3 is 2.60 bits per heavy atom. The van der Waals surface area contributed by atoms with Crippen LogP contribution in [0.2, 0.25) is 0 Å². The summed E-state index contributed by atoms with van der Waals surface area (Å²) in [6.45, 7) is 7.90. The number of fused-ring (bicyclic) bond motifs is 1. The number of hydrogen-bond acceptors (Lipinski definition) is 5. The van der Waals surface area contributed by atoms with Crippen molar-refractivity contribution < 1.29 is 19.3 Å². The van der Waals surface area contributed by atoms with Gasteiger partial charge in [-0.3, -0.25) is 0 Å². The number of nitrogens with one attached hydrogen (secondary N) is 1. The molecule has 0 fully saturated rings. The quantitative estimate of drug-likeness (QED) is 0.782. The van der Waals surface area contributed by atoms with E-state index in [0.29, 0.717) is 25.3 Å². The number of aliphatic hydroxyl groups is 1. The van der Waals surface area contributed by atoms with E-state index >= 15 is 0 Å². The summed E-state index contributed by atoms with van der Waals surface area (Å²) < 4.78 is 16.5. The Kier molecular flexibility index (Phi) is 4.73. The van der Waals surface area contributed by atoms with Crippen molar-refractivity contribution in [3.8, 4) is 17.2 Å². The Labute approximate surface area is 119 Å². The van der Waals surface area contributed by atoms with Crippen molar-refractivity contribution in [2.24, 2.45) is 0 Å². The number of benzene rings is 1. The van der Waals surface area contributed by atoms with E-state index in [0.717, 1.165) is 17.1 Å². The Bertz CT molecular complexity index is 454. The Morgan fingerprint density at radius 2 is 1.95 bits per heavy atom. The summed E-state index contributed by atoms with van der Waals surface area (Å²) in [6.07, 6.45) is 0.612. The van der Waals surface area contributed by atoms with Gasteiger partial charge in [0.05, 0.1) is 6.61 Å². The molecule has 5 heteroatoms. The van der Waals surface area contributed by atoms with Gasteiger partial charge in [0.1, 0.15) is 5.75 Å². The number of ether oxygens (including phenoxy) is 3. The van der Waals surface area contributed by atoms with Gasteiger partial charge in [-0.25, -0.2) is 0 Å². The third-order valence-corrected chi connectivity index (χ3v) is 2.92. The summed E-state index contributed by atoms with van der Waals surface area (Å²) in [5, 5.41) is 12.3. The van der Waals surface area contributed by atoms with Gasteiger partial charge in [-0.1, -0.05) is 0 Å². The maximum Gasteiger partial charge on any atom is 0.231 e. The average Bonchev–Trinajstić information content (AvgIpc) is 2.82. The molecule has 1 aliphatic heterocycles. The minimum absolute atomic E-state index is 0.0265. The van der Waals surface area contributed by atoms with Gasteiger partial charge in [0.2, 0.25) is 6.79 Å². The van der Waals surface area contributed by atoms with Crippen LogP contribution in [-0.2, 0) is 6.54 Å². The molecule has 0 saturated carbocycles. The molecule has 0 unspecified atom stereocenters. The predicted molar refractivity (Wildman–Crippen MR) is 76.4 cm³/mol. The van der Waals surface area contributed by atoms with Crippen LogP contribution in [0.3, 0.4) is 0 Å². The molecular weight excluding hydrogens is 258 g/mol. The summed E-state index contributed by atoms with van der Waals surface area (Å²) in [5.74, 6) is 2.24. The minimum atomic E-state index is 0.0265. The highest BCUT2D eigenvalue weighted by atomic mass is 16.7. The molecule has 1 aromatic carbocycles. The van der Waals surface area contributed by atoms with E-state index in [-0.39, 0.29) is 18.9 Å². The normalized spacial score (nSPS) is 13.6. The van der Waals surface area contributed by atoms with Gasteiger partial charge in [0.25, 0.3) is 0 Å². The first-order valence-corrected chi connectivity index (χ1v) is 6.91. The molecule has 0 atom stereocenters. The summed E-state index contributed by atoms with van der Waals surface area (Å²) in [4.78, 5) is 0. The van der Waals surface area contributed by atoms with Crippen molar-refractivity contribution in [3.63, 3.8) is 0 Å². The molecule has 20 heavy (non-hydrogen) atoms. The highest BCUT2D eigenvalue weighted by Crippen LogP contribution is 2.38. The van der Waals surface area contributed by atoms with Crippen LogP contribution < -0.4 is 19.5 Å². The van der Waals surface area contributed by atoms with E-state index in [1.807, 2.05) is 12.1 Å². The van der Waals surface area contributed by atoms with Crippen LogP contribution in [0.25, 0.3) is 0 Å². The zero-order valence-corrected chi connectivity index (χ0v) is 12.4. The van der Waals surface area contributed by atoms with Gasteiger partial charge in [-0.05, 0) is 26.8 Å². The second-order valence-electron chi connectivity index (χ2n) is 5.84. The van der Waals surface area contributed by atoms with E-state index in [2.05, 4.69) is 26.1 Å². The fourth-order valence-corrected chi connectivity index (χ4v) is 1.84. The SMILES string of the molecule is CC(C)(C)NCc1cc2c(cc1OCCCO)OCO2. The lowest BCUT2D eigenvalue weighted by Gasteiger charge is -2.22. The standard InChI is InChI=1S/C15H23NO4/c1-15(2,3)16-9-11-7-13-14(20-10-19-13)8-12(11)18-6-4-5-17/h7-8,16-17H,4-6,9-10H2,1-3H3. The number of hydrogen-bond donors (Lipinski definition) is 2. The zero-order valence-electron chi connectivity index (χ0n) is 12.4. The molecule has 1 aromatic rings. The smallest absolute Gasteiger partial charge is 0.231 e. The first kappa shape index (κ1) is 14.9. The zero-order chi connectivity index (χ0) is 14.6. The van der Waals surface area contributed by atoms with Crippen LogP contribution in [0.15, 0.2) is 12.1 Å². The second kappa shape index (κ2) is 6.33. The molecule has 1 heterocycles. The summed E-state index contributed by atoms with van der Waals surface area (Å²) in [6, 6.07) is 3.81. The number of rotatable bonds is 6. The van der Waals surface area contributed by atoms with Gasteiger partial charge >= 0.3 is 0 Å². The van der Waals surface area contributed by atoms with E-state index < -0.39 is 0 Å². The third-order valence-electron chi connectivity index (χ3n) is 2.92. The van der Waals surface area contributed by atoms with E-state index in [1.54, 1.807) is 0 Å². The van der Waals surface area contributed by atoms with Crippen molar-refractivity contribution >= 4 is 0 Å².